The molecule has 0 radical (unpaired) electrons. The van der Waals surface area contributed by atoms with Crippen LogP contribution in [-0.4, -0.2) is 21.0 Å². The summed E-state index contributed by atoms with van der Waals surface area (Å²) in [4.78, 5) is 11.5. The standard InChI is InChI=1S/C10H13NO4S2/c11-17(13,14)9-5-8(6-16-9)10(12)15-4-3-7-1-2-7/h5-7H,1-4H2,(H2,11,13,14). The number of carbonyl (C=O) groups excluding carboxylic acids is 1. The first-order valence-electron chi connectivity index (χ1n) is 5.25. The minimum absolute atomic E-state index is 0.0216. The molecule has 1 fully saturated rings. The van der Waals surface area contributed by atoms with E-state index in [1.54, 1.807) is 0 Å². The van der Waals surface area contributed by atoms with Gasteiger partial charge in [0.1, 0.15) is 4.21 Å². The van der Waals surface area contributed by atoms with Crippen LogP contribution in [0.1, 0.15) is 29.6 Å². The Balaban J connectivity index is 1.91. The lowest BCUT2D eigenvalue weighted by Crippen LogP contribution is -2.10. The third-order valence-electron chi connectivity index (χ3n) is 2.55. The van der Waals surface area contributed by atoms with Crippen molar-refractivity contribution in [2.45, 2.75) is 23.5 Å². The normalized spacial score (nSPS) is 15.8. The number of esters is 1. The molecule has 0 spiro atoms. The second-order valence-corrected chi connectivity index (χ2v) is 6.77. The number of hydrogen-bond acceptors (Lipinski definition) is 5. The predicted molar refractivity (Wildman–Crippen MR) is 63.3 cm³/mol. The third-order valence-corrected chi connectivity index (χ3v) is 4.93. The van der Waals surface area contributed by atoms with Crippen LogP contribution >= 0.6 is 11.3 Å². The molecular weight excluding hydrogens is 262 g/mol. The molecule has 2 N–H and O–H groups in total. The molecule has 1 aliphatic carbocycles. The van der Waals surface area contributed by atoms with Gasteiger partial charge in [-0.1, -0.05) is 12.8 Å². The maximum atomic E-state index is 11.5. The number of nitrogens with two attached hydrogens (primary N) is 1. The fourth-order valence-corrected chi connectivity index (χ4v) is 2.96. The maximum absolute atomic E-state index is 11.5. The first-order valence-corrected chi connectivity index (χ1v) is 7.68. The summed E-state index contributed by atoms with van der Waals surface area (Å²) in [5.41, 5.74) is 0.245. The summed E-state index contributed by atoms with van der Waals surface area (Å²) in [5.74, 6) is 0.210. The molecule has 94 valence electrons. The van der Waals surface area contributed by atoms with Crippen LogP contribution in [0.5, 0.6) is 0 Å². The molecule has 0 saturated heterocycles. The van der Waals surface area contributed by atoms with Crippen molar-refractivity contribution < 1.29 is 17.9 Å². The molecule has 1 heterocycles. The van der Waals surface area contributed by atoms with E-state index < -0.39 is 16.0 Å². The Morgan fingerprint density at radius 2 is 2.24 bits per heavy atom. The maximum Gasteiger partial charge on any atom is 0.339 e. The Morgan fingerprint density at radius 1 is 1.53 bits per heavy atom. The highest BCUT2D eigenvalue weighted by molar-refractivity contribution is 7.91. The van der Waals surface area contributed by atoms with E-state index in [0.717, 1.165) is 17.8 Å². The van der Waals surface area contributed by atoms with Crippen molar-refractivity contribution in [1.29, 1.82) is 0 Å². The topological polar surface area (TPSA) is 86.5 Å². The SMILES string of the molecule is NS(=O)(=O)c1cc(C(=O)OCCC2CC2)cs1. The third kappa shape index (κ3) is 3.52. The number of thiophene rings is 1. The fourth-order valence-electron chi connectivity index (χ4n) is 1.38. The van der Waals surface area contributed by atoms with Crippen LogP contribution in [0.15, 0.2) is 15.7 Å². The van der Waals surface area contributed by atoms with E-state index in [4.69, 9.17) is 9.88 Å². The van der Waals surface area contributed by atoms with E-state index in [1.807, 2.05) is 0 Å². The number of carbonyl (C=O) groups is 1. The molecular formula is C10H13NO4S2. The van der Waals surface area contributed by atoms with Crippen LogP contribution in [-0.2, 0) is 14.8 Å². The molecule has 1 aromatic heterocycles. The minimum atomic E-state index is -3.73. The van der Waals surface area contributed by atoms with E-state index >= 15 is 0 Å². The summed E-state index contributed by atoms with van der Waals surface area (Å²) in [6.07, 6.45) is 3.31. The van der Waals surface area contributed by atoms with Crippen LogP contribution in [0, 0.1) is 5.92 Å². The van der Waals surface area contributed by atoms with Gasteiger partial charge >= 0.3 is 5.97 Å². The highest BCUT2D eigenvalue weighted by Gasteiger charge is 2.22. The summed E-state index contributed by atoms with van der Waals surface area (Å²) in [5, 5.41) is 6.39. The minimum Gasteiger partial charge on any atom is -0.462 e. The van der Waals surface area contributed by atoms with Crippen LogP contribution in [0.25, 0.3) is 0 Å². The molecule has 1 aromatic rings. The first-order chi connectivity index (χ1) is 7.97. The van der Waals surface area contributed by atoms with E-state index in [-0.39, 0.29) is 9.77 Å². The Bertz CT molecular complexity index is 516. The van der Waals surface area contributed by atoms with Crippen molar-refractivity contribution in [1.82, 2.24) is 0 Å². The van der Waals surface area contributed by atoms with Gasteiger partial charge < -0.3 is 4.74 Å². The Morgan fingerprint density at radius 3 is 2.76 bits per heavy atom. The molecule has 2 rings (SSSR count). The molecule has 0 unspecified atom stereocenters. The van der Waals surface area contributed by atoms with Gasteiger partial charge in [0.05, 0.1) is 12.2 Å². The molecule has 1 saturated carbocycles. The fraction of sp³-hybridized carbons (Fsp3) is 0.500. The highest BCUT2D eigenvalue weighted by atomic mass is 32.2. The average Bonchev–Trinajstić information content (AvgIpc) is 2.91. The van der Waals surface area contributed by atoms with Gasteiger partial charge in [-0.3, -0.25) is 0 Å². The smallest absolute Gasteiger partial charge is 0.339 e. The van der Waals surface area contributed by atoms with E-state index in [1.165, 1.54) is 24.3 Å². The molecule has 17 heavy (non-hydrogen) atoms. The number of sulfonamides is 1. The lowest BCUT2D eigenvalue weighted by atomic mass is 10.3. The van der Waals surface area contributed by atoms with E-state index in [9.17, 15) is 13.2 Å². The van der Waals surface area contributed by atoms with Crippen molar-refractivity contribution in [3.05, 3.63) is 17.0 Å². The monoisotopic (exact) mass is 275 g/mol. The first kappa shape index (κ1) is 12.5. The Hall–Kier alpha value is -0.920. The second-order valence-electron chi connectivity index (χ2n) is 4.07. The molecule has 0 aromatic carbocycles. The zero-order valence-electron chi connectivity index (χ0n) is 9.09. The summed E-state index contributed by atoms with van der Waals surface area (Å²) in [6, 6.07) is 1.25. The van der Waals surface area contributed by atoms with Crippen molar-refractivity contribution >= 4 is 27.3 Å². The number of primary sulfonamides is 1. The van der Waals surface area contributed by atoms with Gasteiger partial charge in [0.15, 0.2) is 0 Å². The molecule has 0 amide bonds. The molecule has 0 aliphatic heterocycles. The molecule has 0 atom stereocenters. The van der Waals surface area contributed by atoms with Crippen molar-refractivity contribution in [3.8, 4) is 0 Å². The van der Waals surface area contributed by atoms with E-state index in [0.29, 0.717) is 12.5 Å². The summed E-state index contributed by atoms with van der Waals surface area (Å²) >= 11 is 0.923. The van der Waals surface area contributed by atoms with Crippen LogP contribution in [0.4, 0.5) is 0 Å². The van der Waals surface area contributed by atoms with Gasteiger partial charge in [0.2, 0.25) is 10.0 Å². The van der Waals surface area contributed by atoms with Gasteiger partial charge in [-0.15, -0.1) is 11.3 Å². The summed E-state index contributed by atoms with van der Waals surface area (Å²) < 4.78 is 27.0. The molecule has 5 nitrogen and oxygen atoms in total. The van der Waals surface area contributed by atoms with Crippen molar-refractivity contribution in [2.75, 3.05) is 6.61 Å². The lowest BCUT2D eigenvalue weighted by Gasteiger charge is -2.01. The zero-order valence-corrected chi connectivity index (χ0v) is 10.7. The van der Waals surface area contributed by atoms with Crippen molar-refractivity contribution in [2.24, 2.45) is 11.1 Å². The summed E-state index contributed by atoms with van der Waals surface area (Å²) in [7, 11) is -3.73. The quantitative estimate of drug-likeness (QED) is 0.822. The zero-order chi connectivity index (χ0) is 12.5. The van der Waals surface area contributed by atoms with Gasteiger partial charge in [-0.2, -0.15) is 0 Å². The second kappa shape index (κ2) is 4.75. The van der Waals surface area contributed by atoms with Crippen LogP contribution in [0.2, 0.25) is 0 Å². The Kier molecular flexibility index (Phi) is 3.50. The van der Waals surface area contributed by atoms with E-state index in [2.05, 4.69) is 0 Å². The highest BCUT2D eigenvalue weighted by Crippen LogP contribution is 2.32. The molecule has 7 heteroatoms. The Labute approximate surface area is 104 Å². The molecule has 1 aliphatic rings. The van der Waals surface area contributed by atoms with Crippen LogP contribution < -0.4 is 5.14 Å². The van der Waals surface area contributed by atoms with Gasteiger partial charge in [0.25, 0.3) is 0 Å². The summed E-state index contributed by atoms with van der Waals surface area (Å²) in [6.45, 7) is 0.393. The number of hydrogen-bond donors (Lipinski definition) is 1. The van der Waals surface area contributed by atoms with Gasteiger partial charge in [-0.25, -0.2) is 18.4 Å². The van der Waals surface area contributed by atoms with Crippen LogP contribution in [0.3, 0.4) is 0 Å². The van der Waals surface area contributed by atoms with Gasteiger partial charge in [0, 0.05) is 5.38 Å². The predicted octanol–water partition coefficient (Wildman–Crippen LogP) is 1.35. The average molecular weight is 275 g/mol. The van der Waals surface area contributed by atoms with Crippen molar-refractivity contribution in [3.63, 3.8) is 0 Å². The molecule has 0 bridgehead atoms. The largest absolute Gasteiger partial charge is 0.462 e. The number of rotatable bonds is 5. The lowest BCUT2D eigenvalue weighted by molar-refractivity contribution is 0.0495. The van der Waals surface area contributed by atoms with Gasteiger partial charge in [-0.05, 0) is 18.4 Å². The number of ether oxygens (including phenoxy) is 1.